The highest BCUT2D eigenvalue weighted by atomic mass is 35.5. The van der Waals surface area contributed by atoms with Crippen LogP contribution in [0.1, 0.15) is 16.8 Å². The highest BCUT2D eigenvalue weighted by Gasteiger charge is 2.26. The number of hydrogen-bond donors (Lipinski definition) is 3. The van der Waals surface area contributed by atoms with Crippen LogP contribution in [-0.2, 0) is 19.5 Å². The van der Waals surface area contributed by atoms with Gasteiger partial charge in [0.1, 0.15) is 11.5 Å². The number of aliphatic hydroxyl groups excluding tert-OH is 1. The van der Waals surface area contributed by atoms with Crippen molar-refractivity contribution < 1.29 is 19.8 Å². The number of halogens is 1. The third-order valence-corrected chi connectivity index (χ3v) is 5.75. The van der Waals surface area contributed by atoms with Crippen molar-refractivity contribution in [3.8, 4) is 22.8 Å². The molecule has 0 unspecified atom stereocenters. The van der Waals surface area contributed by atoms with Crippen molar-refractivity contribution in [3.63, 3.8) is 0 Å². The van der Waals surface area contributed by atoms with Crippen LogP contribution in [0.2, 0.25) is 5.02 Å². The summed E-state index contributed by atoms with van der Waals surface area (Å²) in [4.78, 5) is 4.31. The van der Waals surface area contributed by atoms with E-state index in [0.717, 1.165) is 36.5 Å². The molecule has 0 fully saturated rings. The van der Waals surface area contributed by atoms with E-state index in [0.29, 0.717) is 24.4 Å². The van der Waals surface area contributed by atoms with Crippen molar-refractivity contribution in [2.24, 2.45) is 0 Å². The van der Waals surface area contributed by atoms with Crippen LogP contribution in [0.25, 0.3) is 11.3 Å². The largest absolute Gasteiger partial charge is 0.507 e. The van der Waals surface area contributed by atoms with Crippen LogP contribution in [0.3, 0.4) is 0 Å². The maximum atomic E-state index is 10.3. The maximum absolute atomic E-state index is 10.3. The molecule has 0 atom stereocenters. The predicted octanol–water partition coefficient (Wildman–Crippen LogP) is 3.39. The minimum atomic E-state index is -0.180. The van der Waals surface area contributed by atoms with Gasteiger partial charge in [-0.15, -0.1) is 0 Å². The van der Waals surface area contributed by atoms with Crippen molar-refractivity contribution in [2.75, 3.05) is 31.6 Å². The van der Waals surface area contributed by atoms with Gasteiger partial charge in [0.2, 0.25) is 0 Å². The monoisotopic (exact) mass is 429 g/mol. The molecule has 1 aromatic heterocycles. The Balaban J connectivity index is 1.52. The highest BCUT2D eigenvalue weighted by molar-refractivity contribution is 6.32. The number of aromatic nitrogens is 1. The van der Waals surface area contributed by atoms with Crippen molar-refractivity contribution in [3.05, 3.63) is 58.2 Å². The fraction of sp³-hybridized carbons (Fsp3) is 0.318. The van der Waals surface area contributed by atoms with E-state index in [4.69, 9.17) is 21.2 Å². The van der Waals surface area contributed by atoms with E-state index in [-0.39, 0.29) is 23.1 Å². The number of phenolic OH excluding ortho intramolecular Hbond substituents is 2. The van der Waals surface area contributed by atoms with E-state index in [9.17, 15) is 10.2 Å². The summed E-state index contributed by atoms with van der Waals surface area (Å²) in [6.07, 6.45) is 0.753. The summed E-state index contributed by atoms with van der Waals surface area (Å²) < 4.78 is 5.54. The number of phenols is 2. The molecule has 30 heavy (non-hydrogen) atoms. The lowest BCUT2D eigenvalue weighted by atomic mass is 10.0. The van der Waals surface area contributed by atoms with Crippen LogP contribution in [0, 0.1) is 0 Å². The summed E-state index contributed by atoms with van der Waals surface area (Å²) in [5, 5.41) is 33.4. The minimum absolute atomic E-state index is 0.101. The predicted molar refractivity (Wildman–Crippen MR) is 115 cm³/mol. The second-order valence-electron chi connectivity index (χ2n) is 7.53. The molecule has 0 bridgehead atoms. The Hall–Kier alpha value is -2.74. The molecule has 0 radical (unpaired) electrons. The van der Waals surface area contributed by atoms with Gasteiger partial charge in [0, 0.05) is 57.0 Å². The molecule has 3 N–H and O–H groups in total. The zero-order chi connectivity index (χ0) is 21.3. The Bertz CT molecular complexity index is 1040. The Morgan fingerprint density at radius 2 is 1.93 bits per heavy atom. The van der Waals surface area contributed by atoms with Gasteiger partial charge in [-0.25, -0.2) is 0 Å². The number of likely N-dealkylation sites (N-methyl/N-ethyl adjacent to an activating group) is 1. The average Bonchev–Trinajstić information content (AvgIpc) is 3.14. The third kappa shape index (κ3) is 4.09. The molecule has 158 valence electrons. The molecule has 7 nitrogen and oxygen atoms in total. The first-order valence-corrected chi connectivity index (χ1v) is 10.2. The zero-order valence-corrected chi connectivity index (χ0v) is 17.4. The minimum Gasteiger partial charge on any atom is -0.507 e. The highest BCUT2D eigenvalue weighted by Crippen LogP contribution is 2.40. The molecule has 8 heteroatoms. The van der Waals surface area contributed by atoms with E-state index in [1.165, 1.54) is 17.7 Å². The third-order valence-electron chi connectivity index (χ3n) is 5.44. The van der Waals surface area contributed by atoms with Crippen LogP contribution >= 0.6 is 11.6 Å². The first-order valence-electron chi connectivity index (χ1n) is 9.79. The van der Waals surface area contributed by atoms with Gasteiger partial charge in [0.15, 0.2) is 5.76 Å². The lowest BCUT2D eigenvalue weighted by Gasteiger charge is -2.26. The van der Waals surface area contributed by atoms with Gasteiger partial charge in [-0.2, -0.15) is 0 Å². The number of rotatable bonds is 6. The summed E-state index contributed by atoms with van der Waals surface area (Å²) in [6.45, 7) is 2.98. The Kier molecular flexibility index (Phi) is 5.85. The molecule has 2 heterocycles. The van der Waals surface area contributed by atoms with E-state index < -0.39 is 0 Å². The van der Waals surface area contributed by atoms with Gasteiger partial charge in [-0.05, 0) is 23.8 Å². The number of aliphatic hydroxyl groups is 1. The Morgan fingerprint density at radius 1 is 1.17 bits per heavy atom. The molecule has 0 saturated carbocycles. The van der Waals surface area contributed by atoms with E-state index in [2.05, 4.69) is 34.3 Å². The molecular weight excluding hydrogens is 406 g/mol. The van der Waals surface area contributed by atoms with Gasteiger partial charge < -0.3 is 24.7 Å². The van der Waals surface area contributed by atoms with E-state index in [1.807, 2.05) is 11.9 Å². The summed E-state index contributed by atoms with van der Waals surface area (Å²) in [7, 11) is 1.95. The van der Waals surface area contributed by atoms with Crippen LogP contribution in [0.15, 0.2) is 40.9 Å². The molecule has 3 aromatic rings. The Morgan fingerprint density at radius 3 is 2.67 bits per heavy atom. The fourth-order valence-corrected chi connectivity index (χ4v) is 3.90. The molecule has 4 rings (SSSR count). The zero-order valence-electron chi connectivity index (χ0n) is 16.7. The summed E-state index contributed by atoms with van der Waals surface area (Å²) in [5.74, 6) is 0.201. The van der Waals surface area contributed by atoms with Crippen molar-refractivity contribution >= 4 is 17.3 Å². The van der Waals surface area contributed by atoms with Crippen LogP contribution in [-0.4, -0.2) is 52.1 Å². The molecule has 1 aliphatic rings. The quantitative estimate of drug-likeness (QED) is 0.553. The maximum Gasteiger partial charge on any atom is 0.175 e. The summed E-state index contributed by atoms with van der Waals surface area (Å²) in [6, 6.07) is 11.0. The van der Waals surface area contributed by atoms with Crippen molar-refractivity contribution in [1.29, 1.82) is 0 Å². The number of benzene rings is 2. The standard InChI is InChI=1S/C22H24ClN3O4/c1-25(8-9-27)15-4-2-14(3-5-15)12-26-7-6-19-17(13-26)22(30-24-19)16-10-18(23)21(29)11-20(16)28/h2-5,10-11,27-29H,6-9,12-13H2,1H3. The van der Waals surface area contributed by atoms with Crippen LogP contribution < -0.4 is 4.90 Å². The molecule has 1 aliphatic heterocycles. The molecular formula is C22H24ClN3O4. The van der Waals surface area contributed by atoms with E-state index in [1.54, 1.807) is 0 Å². The fourth-order valence-electron chi connectivity index (χ4n) is 3.74. The van der Waals surface area contributed by atoms with Gasteiger partial charge in [-0.3, -0.25) is 4.90 Å². The van der Waals surface area contributed by atoms with Crippen molar-refractivity contribution in [1.82, 2.24) is 10.1 Å². The van der Waals surface area contributed by atoms with Gasteiger partial charge in [0.25, 0.3) is 0 Å². The first kappa shape index (κ1) is 20.5. The first-order chi connectivity index (χ1) is 14.5. The second kappa shape index (κ2) is 8.55. The smallest absolute Gasteiger partial charge is 0.175 e. The second-order valence-corrected chi connectivity index (χ2v) is 7.94. The van der Waals surface area contributed by atoms with E-state index >= 15 is 0 Å². The molecule has 0 aliphatic carbocycles. The van der Waals surface area contributed by atoms with Crippen molar-refractivity contribution in [2.45, 2.75) is 19.5 Å². The topological polar surface area (TPSA) is 93.2 Å². The van der Waals surface area contributed by atoms with Crippen LogP contribution in [0.5, 0.6) is 11.5 Å². The molecule has 2 aromatic carbocycles. The Labute approximate surface area is 179 Å². The number of hydrogen-bond acceptors (Lipinski definition) is 7. The average molecular weight is 430 g/mol. The number of anilines is 1. The normalized spacial score (nSPS) is 14.0. The number of aromatic hydroxyl groups is 2. The summed E-state index contributed by atoms with van der Waals surface area (Å²) in [5.41, 5.74) is 4.48. The summed E-state index contributed by atoms with van der Waals surface area (Å²) >= 11 is 6.03. The van der Waals surface area contributed by atoms with Crippen LogP contribution in [0.4, 0.5) is 5.69 Å². The number of nitrogens with zero attached hydrogens (tertiary/aromatic N) is 3. The van der Waals surface area contributed by atoms with Gasteiger partial charge in [-0.1, -0.05) is 28.9 Å². The van der Waals surface area contributed by atoms with Gasteiger partial charge in [0.05, 0.1) is 22.9 Å². The lowest BCUT2D eigenvalue weighted by Crippen LogP contribution is -2.30. The SMILES string of the molecule is CN(CCO)c1ccc(CN2CCc3noc(-c4cc(Cl)c(O)cc4O)c3C2)cc1. The molecule has 0 spiro atoms. The lowest BCUT2D eigenvalue weighted by molar-refractivity contribution is 0.245. The molecule has 0 saturated heterocycles. The van der Waals surface area contributed by atoms with Gasteiger partial charge >= 0.3 is 0 Å². The number of fused-ring (bicyclic) bond motifs is 1. The molecule has 0 amide bonds.